The van der Waals surface area contributed by atoms with Gasteiger partial charge in [0.05, 0.1) is 6.61 Å². The van der Waals surface area contributed by atoms with Gasteiger partial charge in [0.2, 0.25) is 0 Å². The molecule has 0 aliphatic carbocycles. The fourth-order valence-electron chi connectivity index (χ4n) is 0.618. The molecule has 0 saturated carbocycles. The fourth-order valence-corrected chi connectivity index (χ4v) is 0.618. The number of nitrogens with two attached hydrogens (primary N) is 1. The van der Waals surface area contributed by atoms with Crippen molar-refractivity contribution in [1.29, 1.82) is 0 Å². The van der Waals surface area contributed by atoms with E-state index in [1.54, 1.807) is 0 Å². The molecule has 0 aliphatic heterocycles. The number of carboxylic acid groups (broad SMARTS) is 1. The van der Waals surface area contributed by atoms with E-state index in [1.165, 1.54) is 6.92 Å². The Balaban J connectivity index is 0. The normalized spacial score (nSPS) is 18.6. The summed E-state index contributed by atoms with van der Waals surface area (Å²) in [4.78, 5) is 19.5. The Labute approximate surface area is 103 Å². The van der Waals surface area contributed by atoms with Crippen molar-refractivity contribution in [2.24, 2.45) is 5.73 Å². The molecule has 0 radical (unpaired) electrons. The third kappa shape index (κ3) is 8.06. The number of hydrogen-bond donors (Lipinski definition) is 7. The Morgan fingerprint density at radius 1 is 1.22 bits per heavy atom. The van der Waals surface area contributed by atoms with Crippen LogP contribution in [0.2, 0.25) is 0 Å². The van der Waals surface area contributed by atoms with Crippen molar-refractivity contribution in [1.82, 2.24) is 0 Å². The molecular formula is C9H19NO8. The lowest BCUT2D eigenvalue weighted by atomic mass is 10.0. The topological polar surface area (TPSA) is 182 Å². The van der Waals surface area contributed by atoms with E-state index in [9.17, 15) is 9.59 Å². The molecule has 0 heterocycles. The number of carbonyl (C=O) groups is 2. The minimum atomic E-state index is -1.79. The van der Waals surface area contributed by atoms with Gasteiger partial charge >= 0.3 is 5.97 Å². The molecule has 9 heteroatoms. The van der Waals surface area contributed by atoms with Crippen LogP contribution in [0.25, 0.3) is 0 Å². The molecule has 108 valence electrons. The highest BCUT2D eigenvalue weighted by Crippen LogP contribution is 2.02. The number of carbonyl (C=O) groups excluding carboxylic acids is 1. The van der Waals surface area contributed by atoms with Crippen LogP contribution in [0, 0.1) is 0 Å². The Kier molecular flexibility index (Phi) is 10.6. The van der Waals surface area contributed by atoms with Crippen molar-refractivity contribution < 1.29 is 40.2 Å². The molecule has 0 aliphatic rings. The van der Waals surface area contributed by atoms with Gasteiger partial charge in [-0.3, -0.25) is 4.79 Å². The van der Waals surface area contributed by atoms with E-state index in [2.05, 4.69) is 0 Å². The number of aliphatic carboxylic acids is 1. The monoisotopic (exact) mass is 269 g/mol. The van der Waals surface area contributed by atoms with Gasteiger partial charge in [-0.1, -0.05) is 0 Å². The zero-order valence-corrected chi connectivity index (χ0v) is 9.75. The van der Waals surface area contributed by atoms with Crippen LogP contribution < -0.4 is 5.73 Å². The molecule has 0 bridgehead atoms. The van der Waals surface area contributed by atoms with E-state index in [0.29, 0.717) is 0 Å². The molecule has 0 fully saturated rings. The quantitative estimate of drug-likeness (QED) is 0.236. The van der Waals surface area contributed by atoms with E-state index in [4.69, 9.17) is 36.4 Å². The maximum absolute atomic E-state index is 9.90. The second-order valence-electron chi connectivity index (χ2n) is 3.48. The Bertz CT molecular complexity index is 247. The molecule has 8 N–H and O–H groups in total. The standard InChI is InChI=1S/C6H12O6.C3H7NO2/c7-1-3(9)5(11)6(12)4(10)2-8;1-2(4)3(5)6/h1,3-6,8-12H,2H2;2H,4H2,1H3,(H,5,6)/t3-,4+,5+,6+;2-/m00/s1. The number of aldehydes is 1. The summed E-state index contributed by atoms with van der Waals surface area (Å²) in [6, 6.07) is -0.731. The third-order valence-electron chi connectivity index (χ3n) is 1.81. The second-order valence-corrected chi connectivity index (χ2v) is 3.48. The number of rotatable bonds is 6. The zero-order chi connectivity index (χ0) is 14.9. The molecule has 0 amide bonds. The van der Waals surface area contributed by atoms with Crippen molar-refractivity contribution >= 4 is 12.3 Å². The predicted molar refractivity (Wildman–Crippen MR) is 58.5 cm³/mol. The average molecular weight is 269 g/mol. The highest BCUT2D eigenvalue weighted by Gasteiger charge is 2.29. The van der Waals surface area contributed by atoms with Crippen LogP contribution >= 0.6 is 0 Å². The fraction of sp³-hybridized carbons (Fsp3) is 0.778. The summed E-state index contributed by atoms with van der Waals surface area (Å²) in [5, 5.41) is 51.4. The smallest absolute Gasteiger partial charge is 0.320 e. The van der Waals surface area contributed by atoms with Gasteiger partial charge in [0.1, 0.15) is 30.5 Å². The van der Waals surface area contributed by atoms with Gasteiger partial charge in [0, 0.05) is 0 Å². The SMILES string of the molecule is C[C@H](N)C(=O)O.O=C[C@H](O)[C@@H](O)[C@H](O)[C@H](O)CO. The van der Waals surface area contributed by atoms with Gasteiger partial charge in [-0.15, -0.1) is 0 Å². The molecule has 0 rings (SSSR count). The van der Waals surface area contributed by atoms with Gasteiger partial charge in [-0.25, -0.2) is 0 Å². The van der Waals surface area contributed by atoms with Gasteiger partial charge < -0.3 is 41.2 Å². The first-order chi connectivity index (χ1) is 8.18. The minimum Gasteiger partial charge on any atom is -0.480 e. The van der Waals surface area contributed by atoms with Crippen molar-refractivity contribution in [2.45, 2.75) is 37.4 Å². The summed E-state index contributed by atoms with van der Waals surface area (Å²) in [5.74, 6) is -0.963. The molecule has 18 heavy (non-hydrogen) atoms. The summed E-state index contributed by atoms with van der Waals surface area (Å²) in [7, 11) is 0. The first-order valence-electron chi connectivity index (χ1n) is 4.95. The van der Waals surface area contributed by atoms with E-state index in [-0.39, 0.29) is 6.29 Å². The van der Waals surface area contributed by atoms with Crippen molar-refractivity contribution in [3.8, 4) is 0 Å². The van der Waals surface area contributed by atoms with Crippen LogP contribution in [0.3, 0.4) is 0 Å². The highest BCUT2D eigenvalue weighted by molar-refractivity contribution is 5.72. The van der Waals surface area contributed by atoms with Crippen molar-refractivity contribution in [3.05, 3.63) is 0 Å². The van der Waals surface area contributed by atoms with E-state index >= 15 is 0 Å². The lowest BCUT2D eigenvalue weighted by Crippen LogP contribution is -2.46. The second kappa shape index (κ2) is 9.88. The van der Waals surface area contributed by atoms with Crippen molar-refractivity contribution in [3.63, 3.8) is 0 Å². The van der Waals surface area contributed by atoms with E-state index in [0.717, 1.165) is 0 Å². The van der Waals surface area contributed by atoms with Crippen LogP contribution in [0.4, 0.5) is 0 Å². The molecule has 0 aromatic rings. The van der Waals surface area contributed by atoms with Crippen LogP contribution in [0.5, 0.6) is 0 Å². The first kappa shape index (κ1) is 19.2. The highest BCUT2D eigenvalue weighted by atomic mass is 16.4. The summed E-state index contributed by atoms with van der Waals surface area (Å²) >= 11 is 0. The molecule has 0 saturated heterocycles. The Morgan fingerprint density at radius 2 is 1.61 bits per heavy atom. The molecule has 0 aromatic carbocycles. The third-order valence-corrected chi connectivity index (χ3v) is 1.81. The predicted octanol–water partition coefficient (Wildman–Crippen LogP) is -3.96. The van der Waals surface area contributed by atoms with Gasteiger partial charge in [-0.2, -0.15) is 0 Å². The number of aliphatic hydroxyl groups is 5. The lowest BCUT2D eigenvalue weighted by molar-refractivity contribution is -0.138. The lowest BCUT2D eigenvalue weighted by Gasteiger charge is -2.22. The van der Waals surface area contributed by atoms with Gasteiger partial charge in [0.25, 0.3) is 0 Å². The zero-order valence-electron chi connectivity index (χ0n) is 9.75. The maximum Gasteiger partial charge on any atom is 0.320 e. The summed E-state index contributed by atoms with van der Waals surface area (Å²) < 4.78 is 0. The largest absolute Gasteiger partial charge is 0.480 e. The molecule has 0 spiro atoms. The number of hydrogen-bond acceptors (Lipinski definition) is 8. The molecule has 0 unspecified atom stereocenters. The summed E-state index contributed by atoms with van der Waals surface area (Å²) in [6.45, 7) is 0.659. The Morgan fingerprint density at radius 3 is 1.83 bits per heavy atom. The van der Waals surface area contributed by atoms with Crippen molar-refractivity contribution in [2.75, 3.05) is 6.61 Å². The van der Waals surface area contributed by atoms with Crippen LogP contribution in [-0.2, 0) is 9.59 Å². The minimum absolute atomic E-state index is 0.0258. The van der Waals surface area contributed by atoms with Crippen LogP contribution in [0.15, 0.2) is 0 Å². The van der Waals surface area contributed by atoms with E-state index in [1.807, 2.05) is 0 Å². The number of aliphatic hydroxyl groups excluding tert-OH is 5. The van der Waals surface area contributed by atoms with Crippen LogP contribution in [-0.4, -0.2) is 80.0 Å². The van der Waals surface area contributed by atoms with Gasteiger partial charge in [-0.05, 0) is 6.92 Å². The molecular weight excluding hydrogens is 250 g/mol. The van der Waals surface area contributed by atoms with Crippen LogP contribution in [0.1, 0.15) is 6.92 Å². The number of carboxylic acids is 1. The van der Waals surface area contributed by atoms with Gasteiger partial charge in [0.15, 0.2) is 6.29 Å². The molecule has 9 nitrogen and oxygen atoms in total. The average Bonchev–Trinajstić information content (AvgIpc) is 2.35. The maximum atomic E-state index is 9.90. The van der Waals surface area contributed by atoms with E-state index < -0.39 is 43.0 Å². The first-order valence-corrected chi connectivity index (χ1v) is 4.95. The summed E-state index contributed by atoms with van der Waals surface area (Å²) in [6.07, 6.45) is -6.84. The Hall–Kier alpha value is -1.10. The summed E-state index contributed by atoms with van der Waals surface area (Å²) in [5.41, 5.74) is 4.84. The molecule has 0 aromatic heterocycles. The molecule has 5 atom stereocenters.